The lowest BCUT2D eigenvalue weighted by molar-refractivity contribution is 0.146. The van der Waals surface area contributed by atoms with E-state index >= 15 is 0 Å². The molecule has 0 aliphatic carbocycles. The average Bonchev–Trinajstić information content (AvgIpc) is 2.62. The third-order valence-corrected chi connectivity index (χ3v) is 2.67. The van der Waals surface area contributed by atoms with Crippen molar-refractivity contribution in [2.24, 2.45) is 10.9 Å². The monoisotopic (exact) mass is 187 g/mol. The molecule has 0 amide bonds. The fourth-order valence-corrected chi connectivity index (χ4v) is 1.82. The van der Waals surface area contributed by atoms with Crippen LogP contribution in [0.1, 0.15) is 19.8 Å². The quantitative estimate of drug-likeness (QED) is 0.242. The molecule has 1 heterocycles. The minimum absolute atomic E-state index is 0.0929. The highest BCUT2D eigenvalue weighted by Gasteiger charge is 2.29. The van der Waals surface area contributed by atoms with E-state index in [9.17, 15) is 0 Å². The van der Waals surface area contributed by atoms with E-state index in [4.69, 9.17) is 16.0 Å². The summed E-state index contributed by atoms with van der Waals surface area (Å²) < 4.78 is 0. The molecular formula is C8H17N3O2. The smallest absolute Gasteiger partial charge is 0.156 e. The molecule has 2 atom stereocenters. The molecule has 0 aromatic rings. The number of hydrogen-bond donors (Lipinski definition) is 3. The van der Waals surface area contributed by atoms with Crippen LogP contribution in [0.4, 0.5) is 0 Å². The Morgan fingerprint density at radius 1 is 1.77 bits per heavy atom. The molecule has 2 unspecified atom stereocenters. The average molecular weight is 187 g/mol. The summed E-state index contributed by atoms with van der Waals surface area (Å²) >= 11 is 0. The Bertz CT molecular complexity index is 196. The fraction of sp³-hybridized carbons (Fsp3) is 0.875. The molecule has 76 valence electrons. The first kappa shape index (κ1) is 10.3. The van der Waals surface area contributed by atoms with Gasteiger partial charge in [-0.2, -0.15) is 0 Å². The van der Waals surface area contributed by atoms with Crippen LogP contribution in [0.5, 0.6) is 0 Å². The van der Waals surface area contributed by atoms with Crippen LogP contribution in [0, 0.1) is 0 Å². The molecule has 1 rings (SSSR count). The Labute approximate surface area is 77.8 Å². The summed E-state index contributed by atoms with van der Waals surface area (Å²) in [5.74, 6) is 0.209. The number of oxime groups is 1. The van der Waals surface area contributed by atoms with Gasteiger partial charge in [-0.1, -0.05) is 5.16 Å². The first-order valence-corrected chi connectivity index (χ1v) is 4.54. The van der Waals surface area contributed by atoms with E-state index < -0.39 is 0 Å². The molecule has 1 aliphatic rings. The summed E-state index contributed by atoms with van der Waals surface area (Å²) in [5, 5.41) is 20.5. The van der Waals surface area contributed by atoms with E-state index in [1.54, 1.807) is 0 Å². The van der Waals surface area contributed by atoms with Crippen LogP contribution in [0.3, 0.4) is 0 Å². The summed E-state index contributed by atoms with van der Waals surface area (Å²) in [6, 6.07) is 0.0694. The summed E-state index contributed by atoms with van der Waals surface area (Å²) in [6.07, 6.45) is 2.05. The van der Waals surface area contributed by atoms with E-state index in [2.05, 4.69) is 10.1 Å². The molecule has 0 spiro atoms. The second-order valence-corrected chi connectivity index (χ2v) is 3.42. The topological polar surface area (TPSA) is 82.1 Å². The Morgan fingerprint density at radius 2 is 2.46 bits per heavy atom. The highest BCUT2D eigenvalue weighted by atomic mass is 16.4. The lowest BCUT2D eigenvalue weighted by Crippen LogP contribution is -2.46. The Kier molecular flexibility index (Phi) is 3.50. The number of likely N-dealkylation sites (tertiary alicyclic amines) is 1. The largest absolute Gasteiger partial charge is 0.409 e. The lowest BCUT2D eigenvalue weighted by Gasteiger charge is -2.28. The second kappa shape index (κ2) is 4.43. The molecule has 13 heavy (non-hydrogen) atoms. The summed E-state index contributed by atoms with van der Waals surface area (Å²) in [6.45, 7) is 2.93. The molecule has 5 nitrogen and oxygen atoms in total. The molecule has 0 aromatic heterocycles. The molecule has 1 fully saturated rings. The molecule has 1 saturated heterocycles. The maximum atomic E-state index is 9.05. The first-order valence-electron chi connectivity index (χ1n) is 4.54. The molecule has 1 aliphatic heterocycles. The minimum atomic E-state index is -0.0929. The van der Waals surface area contributed by atoms with Crippen molar-refractivity contribution in [2.45, 2.75) is 31.8 Å². The SMILES string of the molecule is CC(/C(N)=N/O)N1CCCC1CO. The van der Waals surface area contributed by atoms with Crippen molar-refractivity contribution in [3.05, 3.63) is 0 Å². The van der Waals surface area contributed by atoms with Gasteiger partial charge in [0.1, 0.15) is 0 Å². The molecule has 0 bridgehead atoms. The number of amidine groups is 1. The van der Waals surface area contributed by atoms with Crippen molar-refractivity contribution in [3.8, 4) is 0 Å². The van der Waals surface area contributed by atoms with Crippen LogP contribution in [-0.4, -0.2) is 46.3 Å². The minimum Gasteiger partial charge on any atom is -0.409 e. The van der Waals surface area contributed by atoms with E-state index in [1.807, 2.05) is 6.92 Å². The maximum absolute atomic E-state index is 9.05. The van der Waals surface area contributed by atoms with Gasteiger partial charge in [-0.05, 0) is 26.3 Å². The molecule has 5 heteroatoms. The van der Waals surface area contributed by atoms with E-state index in [0.717, 1.165) is 19.4 Å². The van der Waals surface area contributed by atoms with Crippen molar-refractivity contribution in [2.75, 3.05) is 13.2 Å². The number of aliphatic hydroxyl groups excluding tert-OH is 1. The van der Waals surface area contributed by atoms with Gasteiger partial charge in [0.15, 0.2) is 5.84 Å². The number of rotatable bonds is 3. The Morgan fingerprint density at radius 3 is 3.00 bits per heavy atom. The third-order valence-electron chi connectivity index (χ3n) is 2.67. The van der Waals surface area contributed by atoms with Gasteiger partial charge in [-0.25, -0.2) is 0 Å². The number of hydrogen-bond acceptors (Lipinski definition) is 4. The van der Waals surface area contributed by atoms with Gasteiger partial charge in [0.25, 0.3) is 0 Å². The number of aliphatic hydroxyl groups is 1. The van der Waals surface area contributed by atoms with Crippen molar-refractivity contribution < 1.29 is 10.3 Å². The molecular weight excluding hydrogens is 170 g/mol. The standard InChI is InChI=1S/C8H17N3O2/c1-6(8(9)10-13)11-4-2-3-7(11)5-12/h6-7,12-13H,2-5H2,1H3,(H2,9,10). The highest BCUT2D eigenvalue weighted by molar-refractivity contribution is 5.84. The van der Waals surface area contributed by atoms with E-state index in [-0.39, 0.29) is 24.5 Å². The first-order chi connectivity index (χ1) is 6.20. The molecule has 4 N–H and O–H groups in total. The van der Waals surface area contributed by atoms with Crippen LogP contribution in [-0.2, 0) is 0 Å². The normalized spacial score (nSPS) is 27.8. The van der Waals surface area contributed by atoms with Crippen LogP contribution < -0.4 is 5.73 Å². The van der Waals surface area contributed by atoms with Crippen molar-refractivity contribution in [1.82, 2.24) is 4.90 Å². The van der Waals surface area contributed by atoms with Crippen molar-refractivity contribution in [1.29, 1.82) is 0 Å². The fourth-order valence-electron chi connectivity index (χ4n) is 1.82. The van der Waals surface area contributed by atoms with E-state index in [1.165, 1.54) is 0 Å². The summed E-state index contributed by atoms with van der Waals surface area (Å²) in [4.78, 5) is 2.06. The Balaban J connectivity index is 2.59. The zero-order chi connectivity index (χ0) is 9.84. The van der Waals surface area contributed by atoms with Gasteiger partial charge in [0.05, 0.1) is 12.6 Å². The van der Waals surface area contributed by atoms with Gasteiger partial charge < -0.3 is 16.0 Å². The number of nitrogens with zero attached hydrogens (tertiary/aromatic N) is 2. The lowest BCUT2D eigenvalue weighted by atomic mass is 10.2. The van der Waals surface area contributed by atoms with Gasteiger partial charge in [0.2, 0.25) is 0 Å². The van der Waals surface area contributed by atoms with Gasteiger partial charge in [-0.15, -0.1) is 0 Å². The third kappa shape index (κ3) is 2.10. The van der Waals surface area contributed by atoms with Gasteiger partial charge in [0, 0.05) is 6.04 Å². The maximum Gasteiger partial charge on any atom is 0.156 e. The summed E-state index contributed by atoms with van der Waals surface area (Å²) in [7, 11) is 0. The predicted octanol–water partition coefficient (Wildman–Crippen LogP) is -0.422. The van der Waals surface area contributed by atoms with Gasteiger partial charge in [-0.3, -0.25) is 4.90 Å². The molecule has 0 radical (unpaired) electrons. The second-order valence-electron chi connectivity index (χ2n) is 3.42. The van der Waals surface area contributed by atoms with Crippen molar-refractivity contribution >= 4 is 5.84 Å². The zero-order valence-corrected chi connectivity index (χ0v) is 7.85. The van der Waals surface area contributed by atoms with Crippen LogP contribution in [0.15, 0.2) is 5.16 Å². The molecule has 0 aromatic carbocycles. The number of nitrogens with two attached hydrogens (primary N) is 1. The Hall–Kier alpha value is -0.810. The van der Waals surface area contributed by atoms with E-state index in [0.29, 0.717) is 0 Å². The zero-order valence-electron chi connectivity index (χ0n) is 7.85. The highest BCUT2D eigenvalue weighted by Crippen LogP contribution is 2.19. The predicted molar refractivity (Wildman–Crippen MR) is 49.7 cm³/mol. The van der Waals surface area contributed by atoms with Crippen LogP contribution in [0.25, 0.3) is 0 Å². The van der Waals surface area contributed by atoms with Crippen LogP contribution >= 0.6 is 0 Å². The van der Waals surface area contributed by atoms with Crippen molar-refractivity contribution in [3.63, 3.8) is 0 Å². The van der Waals surface area contributed by atoms with Crippen LogP contribution in [0.2, 0.25) is 0 Å². The van der Waals surface area contributed by atoms with Gasteiger partial charge >= 0.3 is 0 Å². The summed E-state index contributed by atoms with van der Waals surface area (Å²) in [5.41, 5.74) is 5.49. The molecule has 0 saturated carbocycles.